The molecule has 0 radical (unpaired) electrons. The highest BCUT2D eigenvalue weighted by molar-refractivity contribution is 5.86. The summed E-state index contributed by atoms with van der Waals surface area (Å²) in [5.41, 5.74) is 0.842. The van der Waals surface area contributed by atoms with E-state index in [2.05, 4.69) is 10.6 Å². The summed E-state index contributed by atoms with van der Waals surface area (Å²) in [6.45, 7) is 2.41. The van der Waals surface area contributed by atoms with Crippen molar-refractivity contribution in [3.8, 4) is 5.75 Å². The topological polar surface area (TPSA) is 79.9 Å². The third kappa shape index (κ3) is 6.21. The number of morpholine rings is 1. The number of nitrogens with zero attached hydrogens (tertiary/aromatic N) is 1. The van der Waals surface area contributed by atoms with Gasteiger partial charge >= 0.3 is 0 Å². The lowest BCUT2D eigenvalue weighted by Crippen LogP contribution is -2.61. The van der Waals surface area contributed by atoms with Crippen LogP contribution in [0, 0.1) is 5.82 Å². The van der Waals surface area contributed by atoms with Crippen LogP contribution >= 0.6 is 0 Å². The third-order valence-corrected chi connectivity index (χ3v) is 6.02. The Hall–Kier alpha value is -3.23. The second kappa shape index (κ2) is 11.3. The molecule has 2 heterocycles. The molecule has 2 aromatic carbocycles. The Kier molecular flexibility index (Phi) is 7.92. The van der Waals surface area contributed by atoms with Crippen molar-refractivity contribution < 1.29 is 23.5 Å². The molecular weight excluding hydrogens is 437 g/mol. The summed E-state index contributed by atoms with van der Waals surface area (Å²) in [7, 11) is 0. The molecule has 0 aliphatic carbocycles. The van der Waals surface area contributed by atoms with Gasteiger partial charge in [-0.25, -0.2) is 4.39 Å². The van der Waals surface area contributed by atoms with E-state index < -0.39 is 5.60 Å². The molecule has 0 aromatic heterocycles. The lowest BCUT2D eigenvalue weighted by atomic mass is 9.94. The van der Waals surface area contributed by atoms with Crippen LogP contribution in [-0.4, -0.2) is 61.7 Å². The lowest BCUT2D eigenvalue weighted by molar-refractivity contribution is -0.161. The molecule has 8 heteroatoms. The van der Waals surface area contributed by atoms with Gasteiger partial charge in [-0.2, -0.15) is 0 Å². The number of rotatable bonds is 4. The minimum atomic E-state index is -1.06. The van der Waals surface area contributed by atoms with Gasteiger partial charge in [0.2, 0.25) is 5.91 Å². The summed E-state index contributed by atoms with van der Waals surface area (Å²) in [4.78, 5) is 27.6. The Bertz CT molecular complexity index is 1030. The minimum absolute atomic E-state index is 0.153. The number of para-hydroxylation sites is 1. The molecule has 2 aromatic rings. The minimum Gasteiger partial charge on any atom is -0.491 e. The van der Waals surface area contributed by atoms with Crippen molar-refractivity contribution in [1.29, 1.82) is 0 Å². The molecule has 0 saturated carbocycles. The highest BCUT2D eigenvalue weighted by Crippen LogP contribution is 2.25. The Morgan fingerprint density at radius 2 is 1.94 bits per heavy atom. The standard InChI is InChI=1S/C26H30FN3O4/c27-22-10-8-20(9-11-22)17-29-24(31)18-30-14-16-34-26(19-30)12-4-3-6-21-5-1-2-7-23(21)33-15-13-28-25(26)32/h1-5,7-11H,6,12-19H2,(H,28,32)(H,29,31)/b4-3+. The highest BCUT2D eigenvalue weighted by Gasteiger charge is 2.43. The van der Waals surface area contributed by atoms with Crippen LogP contribution in [0.3, 0.4) is 0 Å². The van der Waals surface area contributed by atoms with Crippen LogP contribution in [0.25, 0.3) is 0 Å². The monoisotopic (exact) mass is 467 g/mol. The summed E-state index contributed by atoms with van der Waals surface area (Å²) < 4.78 is 24.9. The first-order valence-corrected chi connectivity index (χ1v) is 11.6. The van der Waals surface area contributed by atoms with Crippen molar-refractivity contribution >= 4 is 11.8 Å². The van der Waals surface area contributed by atoms with Gasteiger partial charge in [0.05, 0.1) is 19.7 Å². The summed E-state index contributed by atoms with van der Waals surface area (Å²) in [6, 6.07) is 13.9. The predicted molar refractivity (Wildman–Crippen MR) is 126 cm³/mol. The predicted octanol–water partition coefficient (Wildman–Crippen LogP) is 2.21. The first kappa shape index (κ1) is 23.9. The largest absolute Gasteiger partial charge is 0.491 e. The van der Waals surface area contributed by atoms with Crippen molar-refractivity contribution in [2.75, 3.05) is 39.4 Å². The van der Waals surface area contributed by atoms with E-state index in [4.69, 9.17) is 9.47 Å². The van der Waals surface area contributed by atoms with Gasteiger partial charge in [-0.15, -0.1) is 0 Å². The van der Waals surface area contributed by atoms with Gasteiger partial charge < -0.3 is 20.1 Å². The number of benzene rings is 2. The van der Waals surface area contributed by atoms with Gasteiger partial charge in [0, 0.05) is 26.1 Å². The molecule has 4 rings (SSSR count). The molecule has 180 valence electrons. The summed E-state index contributed by atoms with van der Waals surface area (Å²) in [6.07, 6.45) is 5.10. The maximum absolute atomic E-state index is 13.1. The first-order chi connectivity index (χ1) is 16.5. The number of nitrogens with one attached hydrogen (secondary N) is 2. The van der Waals surface area contributed by atoms with Crippen LogP contribution < -0.4 is 15.4 Å². The van der Waals surface area contributed by atoms with E-state index in [0.29, 0.717) is 52.2 Å². The molecule has 7 nitrogen and oxygen atoms in total. The van der Waals surface area contributed by atoms with E-state index >= 15 is 0 Å². The number of carbonyl (C=O) groups excluding carboxylic acids is 2. The molecule has 34 heavy (non-hydrogen) atoms. The quantitative estimate of drug-likeness (QED) is 0.674. The number of carbonyl (C=O) groups is 2. The Morgan fingerprint density at radius 1 is 1.12 bits per heavy atom. The van der Waals surface area contributed by atoms with Gasteiger partial charge in [0.1, 0.15) is 18.2 Å². The second-order valence-electron chi connectivity index (χ2n) is 8.55. The van der Waals surface area contributed by atoms with Crippen LogP contribution in [-0.2, 0) is 27.3 Å². The Labute approximate surface area is 198 Å². The fraction of sp³-hybridized carbons (Fsp3) is 0.385. The number of fused-ring (bicyclic) bond motifs is 1. The third-order valence-electron chi connectivity index (χ3n) is 6.02. The molecule has 1 unspecified atom stereocenters. The van der Waals surface area contributed by atoms with Gasteiger partial charge in [-0.1, -0.05) is 42.5 Å². The smallest absolute Gasteiger partial charge is 0.254 e. The molecule has 1 fully saturated rings. The lowest BCUT2D eigenvalue weighted by Gasteiger charge is -2.41. The summed E-state index contributed by atoms with van der Waals surface area (Å²) in [5.74, 6) is 0.152. The van der Waals surface area contributed by atoms with Gasteiger partial charge in [-0.05, 0) is 35.7 Å². The fourth-order valence-electron chi connectivity index (χ4n) is 4.19. The van der Waals surface area contributed by atoms with E-state index in [1.165, 1.54) is 12.1 Å². The van der Waals surface area contributed by atoms with Crippen LogP contribution in [0.4, 0.5) is 4.39 Å². The zero-order chi connectivity index (χ0) is 23.8. The second-order valence-corrected chi connectivity index (χ2v) is 8.55. The van der Waals surface area contributed by atoms with Crippen LogP contribution in [0.15, 0.2) is 60.7 Å². The zero-order valence-corrected chi connectivity index (χ0v) is 19.1. The number of amides is 2. The molecule has 1 spiro atoms. The Balaban J connectivity index is 1.38. The van der Waals surface area contributed by atoms with Gasteiger partial charge in [0.25, 0.3) is 5.91 Å². The fourth-order valence-corrected chi connectivity index (χ4v) is 4.19. The number of hydrogen-bond acceptors (Lipinski definition) is 5. The average molecular weight is 468 g/mol. The van der Waals surface area contributed by atoms with E-state index in [1.807, 2.05) is 41.3 Å². The summed E-state index contributed by atoms with van der Waals surface area (Å²) in [5, 5.41) is 5.79. The molecule has 2 N–H and O–H groups in total. The van der Waals surface area contributed by atoms with Crippen LogP contribution in [0.5, 0.6) is 5.75 Å². The molecular formula is C26H30FN3O4. The van der Waals surface area contributed by atoms with Crippen molar-refractivity contribution in [2.24, 2.45) is 0 Å². The van der Waals surface area contributed by atoms with Crippen molar-refractivity contribution in [3.63, 3.8) is 0 Å². The molecule has 2 aliphatic heterocycles. The van der Waals surface area contributed by atoms with E-state index in [1.54, 1.807) is 12.1 Å². The van der Waals surface area contributed by atoms with Gasteiger partial charge in [0.15, 0.2) is 5.60 Å². The zero-order valence-electron chi connectivity index (χ0n) is 19.1. The molecule has 2 aliphatic rings. The average Bonchev–Trinajstić information content (AvgIpc) is 2.84. The SMILES string of the molecule is O=C(CN1CCOC2(C/C=C/Cc3ccccc3OCCNC2=O)C1)NCc1ccc(F)cc1. The highest BCUT2D eigenvalue weighted by atomic mass is 19.1. The van der Waals surface area contributed by atoms with Crippen molar-refractivity contribution in [2.45, 2.75) is 25.0 Å². The van der Waals surface area contributed by atoms with E-state index in [0.717, 1.165) is 16.9 Å². The normalized spacial score (nSPS) is 22.4. The number of halogens is 1. The maximum atomic E-state index is 13.1. The molecule has 1 atom stereocenters. The maximum Gasteiger partial charge on any atom is 0.254 e. The molecule has 1 saturated heterocycles. The van der Waals surface area contributed by atoms with E-state index in [9.17, 15) is 14.0 Å². The number of allylic oxidation sites excluding steroid dienone is 1. The van der Waals surface area contributed by atoms with E-state index in [-0.39, 0.29) is 24.2 Å². The first-order valence-electron chi connectivity index (χ1n) is 11.6. The van der Waals surface area contributed by atoms with Crippen LogP contribution in [0.1, 0.15) is 17.5 Å². The van der Waals surface area contributed by atoms with Crippen molar-refractivity contribution in [3.05, 3.63) is 77.6 Å². The van der Waals surface area contributed by atoms with Crippen molar-refractivity contribution in [1.82, 2.24) is 15.5 Å². The van der Waals surface area contributed by atoms with Gasteiger partial charge in [-0.3, -0.25) is 14.5 Å². The Morgan fingerprint density at radius 3 is 2.79 bits per heavy atom. The number of ether oxygens (including phenoxy) is 2. The molecule has 2 amide bonds. The van der Waals surface area contributed by atoms with Crippen LogP contribution in [0.2, 0.25) is 0 Å². The summed E-state index contributed by atoms with van der Waals surface area (Å²) >= 11 is 0. The number of hydrogen-bond donors (Lipinski definition) is 2. The molecule has 0 bridgehead atoms.